The molecule has 2 aromatic rings. The van der Waals surface area contributed by atoms with Crippen LogP contribution in [0.25, 0.3) is 0 Å². The lowest BCUT2D eigenvalue weighted by Gasteiger charge is -2.28. The van der Waals surface area contributed by atoms with Crippen LogP contribution >= 0.6 is 0 Å². The molecule has 0 spiro atoms. The molecule has 1 aromatic heterocycles. The number of carbonyl (C=O) groups is 1. The van der Waals surface area contributed by atoms with Crippen LogP contribution in [0.1, 0.15) is 10.4 Å². The number of nitrogens with zero attached hydrogens (tertiary/aromatic N) is 4. The van der Waals surface area contributed by atoms with Crippen molar-refractivity contribution in [1.29, 1.82) is 0 Å². The predicted octanol–water partition coefficient (Wildman–Crippen LogP) is 1.64. The molecule has 0 unspecified atom stereocenters. The summed E-state index contributed by atoms with van der Waals surface area (Å²) in [5, 5.41) is 2.88. The summed E-state index contributed by atoms with van der Waals surface area (Å²) in [6, 6.07) is 7.08. The van der Waals surface area contributed by atoms with Crippen LogP contribution in [0.4, 0.5) is 17.5 Å². The SMILES string of the molecule is COc1ccccc1C(=O)Nc1cnc(N2CCOCC2)nc1N(C)C. The number of amides is 1. The highest BCUT2D eigenvalue weighted by Crippen LogP contribution is 2.26. The van der Waals surface area contributed by atoms with Gasteiger partial charge < -0.3 is 24.6 Å². The molecule has 0 radical (unpaired) electrons. The minimum Gasteiger partial charge on any atom is -0.496 e. The van der Waals surface area contributed by atoms with Gasteiger partial charge in [0.15, 0.2) is 5.82 Å². The molecule has 1 aliphatic heterocycles. The second-order valence-corrected chi connectivity index (χ2v) is 6.06. The van der Waals surface area contributed by atoms with Crippen LogP contribution in [0.2, 0.25) is 0 Å². The summed E-state index contributed by atoms with van der Waals surface area (Å²) < 4.78 is 10.6. The Bertz CT molecular complexity index is 775. The van der Waals surface area contributed by atoms with E-state index in [9.17, 15) is 4.79 Å². The molecular weight excluding hydrogens is 334 g/mol. The zero-order valence-corrected chi connectivity index (χ0v) is 15.2. The standard InChI is InChI=1S/C18H23N5O3/c1-22(2)16-14(12-19-18(21-16)23-8-10-26-11-9-23)20-17(24)13-6-4-5-7-15(13)25-3/h4-7,12H,8-11H2,1-3H3,(H,20,24). The molecular formula is C18H23N5O3. The van der Waals surface area contributed by atoms with E-state index < -0.39 is 0 Å². The molecule has 1 aromatic carbocycles. The summed E-state index contributed by atoms with van der Waals surface area (Å²) >= 11 is 0. The van der Waals surface area contributed by atoms with Crippen LogP contribution < -0.4 is 19.9 Å². The van der Waals surface area contributed by atoms with Crippen LogP contribution in [-0.2, 0) is 4.74 Å². The number of benzene rings is 1. The summed E-state index contributed by atoms with van der Waals surface area (Å²) in [6.45, 7) is 2.82. The molecule has 8 heteroatoms. The maximum absolute atomic E-state index is 12.7. The van der Waals surface area contributed by atoms with E-state index in [1.807, 2.05) is 25.1 Å². The van der Waals surface area contributed by atoms with Gasteiger partial charge in [-0.2, -0.15) is 4.98 Å². The van der Waals surface area contributed by atoms with E-state index in [-0.39, 0.29) is 5.91 Å². The van der Waals surface area contributed by atoms with Gasteiger partial charge >= 0.3 is 0 Å². The number of nitrogens with one attached hydrogen (secondary N) is 1. The molecule has 1 N–H and O–H groups in total. The Kier molecular flexibility index (Phi) is 5.52. The van der Waals surface area contributed by atoms with Crippen LogP contribution in [0.15, 0.2) is 30.5 Å². The molecule has 2 heterocycles. The zero-order chi connectivity index (χ0) is 18.5. The lowest BCUT2D eigenvalue weighted by atomic mass is 10.2. The maximum atomic E-state index is 12.7. The number of ether oxygens (including phenoxy) is 2. The molecule has 138 valence electrons. The first-order chi connectivity index (χ1) is 12.6. The lowest BCUT2D eigenvalue weighted by Crippen LogP contribution is -2.37. The van der Waals surface area contributed by atoms with Crippen LogP contribution in [0.3, 0.4) is 0 Å². The third-order valence-electron chi connectivity index (χ3n) is 4.07. The highest BCUT2D eigenvalue weighted by atomic mass is 16.5. The molecule has 0 bridgehead atoms. The Hall–Kier alpha value is -2.87. The molecule has 0 saturated carbocycles. The summed E-state index contributed by atoms with van der Waals surface area (Å²) in [4.78, 5) is 25.6. The molecule has 0 aliphatic carbocycles. The van der Waals surface area contributed by atoms with Gasteiger partial charge in [-0.15, -0.1) is 0 Å². The fourth-order valence-electron chi connectivity index (χ4n) is 2.73. The quantitative estimate of drug-likeness (QED) is 0.871. The van der Waals surface area contributed by atoms with Gasteiger partial charge in [-0.05, 0) is 12.1 Å². The van der Waals surface area contributed by atoms with Crippen LogP contribution in [0, 0.1) is 0 Å². The van der Waals surface area contributed by atoms with Gasteiger partial charge in [0.1, 0.15) is 11.4 Å². The largest absolute Gasteiger partial charge is 0.496 e. The van der Waals surface area contributed by atoms with E-state index in [0.717, 1.165) is 13.1 Å². The van der Waals surface area contributed by atoms with Crippen molar-refractivity contribution < 1.29 is 14.3 Å². The van der Waals surface area contributed by atoms with Gasteiger partial charge in [0.25, 0.3) is 5.91 Å². The number of hydrogen-bond acceptors (Lipinski definition) is 7. The molecule has 1 fully saturated rings. The highest BCUT2D eigenvalue weighted by Gasteiger charge is 2.19. The van der Waals surface area contributed by atoms with Crippen LogP contribution in [0.5, 0.6) is 5.75 Å². The Morgan fingerprint density at radius 2 is 2.00 bits per heavy atom. The van der Waals surface area contributed by atoms with Crippen molar-refractivity contribution in [3.8, 4) is 5.75 Å². The first kappa shape index (κ1) is 17.9. The van der Waals surface area contributed by atoms with E-state index in [4.69, 9.17) is 9.47 Å². The molecule has 3 rings (SSSR count). The molecule has 1 aliphatic rings. The van der Waals surface area contributed by atoms with Crippen molar-refractivity contribution >= 4 is 23.4 Å². The molecule has 1 saturated heterocycles. The van der Waals surface area contributed by atoms with E-state index in [2.05, 4.69) is 20.2 Å². The van der Waals surface area contributed by atoms with Gasteiger partial charge in [-0.3, -0.25) is 4.79 Å². The Morgan fingerprint density at radius 3 is 2.69 bits per heavy atom. The van der Waals surface area contributed by atoms with Crippen molar-refractivity contribution in [2.24, 2.45) is 0 Å². The third-order valence-corrected chi connectivity index (χ3v) is 4.07. The summed E-state index contributed by atoms with van der Waals surface area (Å²) in [6.07, 6.45) is 1.64. The average molecular weight is 357 g/mol. The van der Waals surface area contributed by atoms with Crippen molar-refractivity contribution in [3.05, 3.63) is 36.0 Å². The second kappa shape index (κ2) is 8.01. The van der Waals surface area contributed by atoms with E-state index in [1.54, 1.807) is 24.4 Å². The molecule has 0 atom stereocenters. The number of anilines is 3. The van der Waals surface area contributed by atoms with Gasteiger partial charge in [0, 0.05) is 27.2 Å². The number of rotatable bonds is 5. The summed E-state index contributed by atoms with van der Waals surface area (Å²) in [7, 11) is 5.30. The van der Waals surface area contributed by atoms with Crippen molar-refractivity contribution in [3.63, 3.8) is 0 Å². The summed E-state index contributed by atoms with van der Waals surface area (Å²) in [5.41, 5.74) is 1.000. The number of carbonyl (C=O) groups excluding carboxylic acids is 1. The molecule has 8 nitrogen and oxygen atoms in total. The Morgan fingerprint density at radius 1 is 1.27 bits per heavy atom. The minimum absolute atomic E-state index is 0.270. The summed E-state index contributed by atoms with van der Waals surface area (Å²) in [5.74, 6) is 1.52. The second-order valence-electron chi connectivity index (χ2n) is 6.06. The number of methoxy groups -OCH3 is 1. The third kappa shape index (κ3) is 3.85. The minimum atomic E-state index is -0.270. The lowest BCUT2D eigenvalue weighted by molar-refractivity contribution is 0.102. The monoisotopic (exact) mass is 357 g/mol. The first-order valence-corrected chi connectivity index (χ1v) is 8.41. The smallest absolute Gasteiger partial charge is 0.259 e. The van der Waals surface area contributed by atoms with Crippen molar-refractivity contribution in [1.82, 2.24) is 9.97 Å². The van der Waals surface area contributed by atoms with E-state index in [0.29, 0.717) is 42.0 Å². The average Bonchev–Trinajstić information content (AvgIpc) is 2.68. The molecule has 1 amide bonds. The van der Waals surface area contributed by atoms with Gasteiger partial charge in [-0.1, -0.05) is 12.1 Å². The Labute approximate surface area is 152 Å². The zero-order valence-electron chi connectivity index (χ0n) is 15.2. The predicted molar refractivity (Wildman–Crippen MR) is 100 cm³/mol. The van der Waals surface area contributed by atoms with E-state index in [1.165, 1.54) is 7.11 Å². The maximum Gasteiger partial charge on any atom is 0.259 e. The number of hydrogen-bond donors (Lipinski definition) is 1. The van der Waals surface area contributed by atoms with Crippen molar-refractivity contribution in [2.45, 2.75) is 0 Å². The molecule has 26 heavy (non-hydrogen) atoms. The van der Waals surface area contributed by atoms with Crippen molar-refractivity contribution in [2.75, 3.05) is 62.6 Å². The fourth-order valence-corrected chi connectivity index (χ4v) is 2.73. The van der Waals surface area contributed by atoms with Crippen LogP contribution in [-0.4, -0.2) is 63.4 Å². The number of aromatic nitrogens is 2. The van der Waals surface area contributed by atoms with E-state index >= 15 is 0 Å². The Balaban J connectivity index is 1.86. The van der Waals surface area contributed by atoms with Gasteiger partial charge in [0.2, 0.25) is 5.95 Å². The first-order valence-electron chi connectivity index (χ1n) is 8.41. The fraction of sp³-hybridized carbons (Fsp3) is 0.389. The highest BCUT2D eigenvalue weighted by molar-refractivity contribution is 6.07. The topological polar surface area (TPSA) is 79.8 Å². The number of para-hydroxylation sites is 1. The normalized spacial score (nSPS) is 14.0. The van der Waals surface area contributed by atoms with Gasteiger partial charge in [-0.25, -0.2) is 4.98 Å². The number of morpholine rings is 1. The van der Waals surface area contributed by atoms with Gasteiger partial charge in [0.05, 0.1) is 32.1 Å².